The minimum Gasteiger partial charge on any atom is -0.381 e. The Morgan fingerprint density at radius 1 is 1.41 bits per heavy atom. The minimum atomic E-state index is -0.128. The molecule has 0 saturated carbocycles. The van der Waals surface area contributed by atoms with Crippen LogP contribution in [0.1, 0.15) is 30.1 Å². The second-order valence-electron chi connectivity index (χ2n) is 4.64. The smallest absolute Gasteiger partial charge is 0.251 e. The third-order valence-electron chi connectivity index (χ3n) is 3.10. The van der Waals surface area contributed by atoms with Gasteiger partial charge in [-0.25, -0.2) is 0 Å². The molecule has 1 aliphatic heterocycles. The van der Waals surface area contributed by atoms with Gasteiger partial charge in [-0.05, 0) is 60.6 Å². The summed E-state index contributed by atoms with van der Waals surface area (Å²) >= 11 is 2.21. The molecule has 2 rings (SSSR count). The van der Waals surface area contributed by atoms with Gasteiger partial charge in [0.2, 0.25) is 0 Å². The summed E-state index contributed by atoms with van der Waals surface area (Å²) in [6.07, 6.45) is 1.76. The van der Waals surface area contributed by atoms with E-state index in [2.05, 4.69) is 34.8 Å². The van der Waals surface area contributed by atoms with Gasteiger partial charge in [-0.3, -0.25) is 4.79 Å². The van der Waals surface area contributed by atoms with Crippen molar-refractivity contribution in [2.45, 2.75) is 25.3 Å². The van der Waals surface area contributed by atoms with Gasteiger partial charge >= 0.3 is 0 Å². The Bertz CT molecular complexity index is 414. The first-order valence-corrected chi connectivity index (χ1v) is 6.83. The lowest BCUT2D eigenvalue weighted by molar-refractivity contribution is 0.0423. The first kappa shape index (κ1) is 12.8. The number of carbonyl (C=O) groups excluding carboxylic acids is 1. The van der Waals surface area contributed by atoms with Crippen molar-refractivity contribution in [1.82, 2.24) is 5.32 Å². The summed E-state index contributed by atoms with van der Waals surface area (Å²) in [6.45, 7) is 3.54. The topological polar surface area (TPSA) is 38.3 Å². The highest BCUT2D eigenvalue weighted by atomic mass is 127. The van der Waals surface area contributed by atoms with Crippen LogP contribution in [0.5, 0.6) is 0 Å². The number of amides is 1. The van der Waals surface area contributed by atoms with Crippen LogP contribution >= 0.6 is 22.6 Å². The Balaban J connectivity index is 2.06. The molecule has 1 aromatic carbocycles. The number of benzene rings is 1. The van der Waals surface area contributed by atoms with Crippen LogP contribution < -0.4 is 5.32 Å². The zero-order valence-corrected chi connectivity index (χ0v) is 12.0. The maximum atomic E-state index is 12.1. The van der Waals surface area contributed by atoms with Crippen molar-refractivity contribution < 1.29 is 9.53 Å². The number of rotatable bonds is 2. The molecule has 0 aromatic heterocycles. The lowest BCUT2D eigenvalue weighted by atomic mass is 9.92. The average Bonchev–Trinajstić information content (AvgIpc) is 2.29. The van der Waals surface area contributed by atoms with Gasteiger partial charge in [0.05, 0.1) is 0 Å². The van der Waals surface area contributed by atoms with E-state index < -0.39 is 0 Å². The molecular formula is C13H16INO2. The molecule has 1 aliphatic rings. The summed E-state index contributed by atoms with van der Waals surface area (Å²) in [4.78, 5) is 12.1. The van der Waals surface area contributed by atoms with Gasteiger partial charge in [0.15, 0.2) is 0 Å². The van der Waals surface area contributed by atoms with Crippen molar-refractivity contribution in [3.8, 4) is 0 Å². The summed E-state index contributed by atoms with van der Waals surface area (Å²) in [5.41, 5.74) is 0.598. The summed E-state index contributed by atoms with van der Waals surface area (Å²) in [7, 11) is 0. The molecular weight excluding hydrogens is 329 g/mol. The minimum absolute atomic E-state index is 0.00733. The highest BCUT2D eigenvalue weighted by Crippen LogP contribution is 2.20. The summed E-state index contributed by atoms with van der Waals surface area (Å²) < 4.78 is 6.40. The first-order valence-electron chi connectivity index (χ1n) is 5.75. The van der Waals surface area contributed by atoms with Crippen LogP contribution in [0.25, 0.3) is 0 Å². The van der Waals surface area contributed by atoms with E-state index in [1.165, 1.54) is 0 Å². The molecule has 0 spiro atoms. The van der Waals surface area contributed by atoms with Crippen molar-refractivity contribution in [3.05, 3.63) is 33.4 Å². The molecule has 0 radical (unpaired) electrons. The molecule has 0 bridgehead atoms. The predicted molar refractivity (Wildman–Crippen MR) is 75.1 cm³/mol. The number of hydrogen-bond donors (Lipinski definition) is 1. The van der Waals surface area contributed by atoms with Gasteiger partial charge in [0, 0.05) is 27.9 Å². The van der Waals surface area contributed by atoms with E-state index >= 15 is 0 Å². The van der Waals surface area contributed by atoms with Gasteiger partial charge in [-0.1, -0.05) is 6.07 Å². The van der Waals surface area contributed by atoms with Crippen LogP contribution in [0.4, 0.5) is 0 Å². The molecule has 1 heterocycles. The zero-order valence-electron chi connectivity index (χ0n) is 9.83. The van der Waals surface area contributed by atoms with Gasteiger partial charge in [-0.15, -0.1) is 0 Å². The summed E-state index contributed by atoms with van der Waals surface area (Å²) in [6, 6.07) is 7.63. The highest BCUT2D eigenvalue weighted by molar-refractivity contribution is 14.1. The van der Waals surface area contributed by atoms with Gasteiger partial charge in [0.1, 0.15) is 0 Å². The normalized spacial score (nSPS) is 18.7. The largest absolute Gasteiger partial charge is 0.381 e. The molecule has 1 saturated heterocycles. The quantitative estimate of drug-likeness (QED) is 0.837. The molecule has 0 atom stereocenters. The SMILES string of the molecule is CC1(NC(=O)c2cccc(I)c2)CCOCC1. The fourth-order valence-corrected chi connectivity index (χ4v) is 2.47. The van der Waals surface area contributed by atoms with Crippen LogP contribution in [0, 0.1) is 3.57 Å². The standard InChI is InChI=1S/C13H16INO2/c1-13(5-7-17-8-6-13)15-12(16)10-3-2-4-11(14)9-10/h2-4,9H,5-8H2,1H3,(H,15,16). The van der Waals surface area contributed by atoms with Crippen LogP contribution in [-0.2, 0) is 4.74 Å². The molecule has 17 heavy (non-hydrogen) atoms. The number of carbonyl (C=O) groups is 1. The monoisotopic (exact) mass is 345 g/mol. The van der Waals surface area contributed by atoms with Crippen LogP contribution in [-0.4, -0.2) is 24.7 Å². The molecule has 3 nitrogen and oxygen atoms in total. The summed E-state index contributed by atoms with van der Waals surface area (Å²) in [5.74, 6) is 0.00733. The van der Waals surface area contributed by atoms with Crippen LogP contribution in [0.15, 0.2) is 24.3 Å². The van der Waals surface area contributed by atoms with Crippen molar-refractivity contribution in [2.24, 2.45) is 0 Å². The van der Waals surface area contributed by atoms with E-state index in [-0.39, 0.29) is 11.4 Å². The Labute approximate surface area is 115 Å². The number of hydrogen-bond acceptors (Lipinski definition) is 2. The number of ether oxygens (including phenoxy) is 1. The Morgan fingerprint density at radius 2 is 2.12 bits per heavy atom. The third-order valence-corrected chi connectivity index (χ3v) is 3.77. The highest BCUT2D eigenvalue weighted by Gasteiger charge is 2.29. The fourth-order valence-electron chi connectivity index (χ4n) is 1.92. The average molecular weight is 345 g/mol. The molecule has 1 aromatic rings. The molecule has 0 aliphatic carbocycles. The Hall–Kier alpha value is -0.620. The van der Waals surface area contributed by atoms with E-state index in [1.54, 1.807) is 0 Å². The molecule has 0 unspecified atom stereocenters. The van der Waals surface area contributed by atoms with E-state index in [1.807, 2.05) is 24.3 Å². The molecule has 92 valence electrons. The van der Waals surface area contributed by atoms with E-state index in [4.69, 9.17) is 4.74 Å². The van der Waals surface area contributed by atoms with E-state index in [0.717, 1.165) is 35.2 Å². The van der Waals surface area contributed by atoms with Crippen LogP contribution in [0.2, 0.25) is 0 Å². The number of nitrogens with one attached hydrogen (secondary N) is 1. The summed E-state index contributed by atoms with van der Waals surface area (Å²) in [5, 5.41) is 3.12. The second kappa shape index (κ2) is 5.35. The molecule has 1 amide bonds. The van der Waals surface area contributed by atoms with E-state index in [0.29, 0.717) is 0 Å². The predicted octanol–water partition coefficient (Wildman–Crippen LogP) is 2.59. The number of halogens is 1. The maximum absolute atomic E-state index is 12.1. The Morgan fingerprint density at radius 3 is 2.76 bits per heavy atom. The van der Waals surface area contributed by atoms with Crippen molar-refractivity contribution in [3.63, 3.8) is 0 Å². The third kappa shape index (κ3) is 3.42. The molecule has 1 fully saturated rings. The lowest BCUT2D eigenvalue weighted by Crippen LogP contribution is -2.49. The Kier molecular flexibility index (Phi) is 4.04. The maximum Gasteiger partial charge on any atom is 0.251 e. The lowest BCUT2D eigenvalue weighted by Gasteiger charge is -2.34. The van der Waals surface area contributed by atoms with Crippen molar-refractivity contribution in [2.75, 3.05) is 13.2 Å². The fraction of sp³-hybridized carbons (Fsp3) is 0.462. The zero-order chi connectivity index (χ0) is 12.3. The van der Waals surface area contributed by atoms with E-state index in [9.17, 15) is 4.79 Å². The van der Waals surface area contributed by atoms with Crippen LogP contribution in [0.3, 0.4) is 0 Å². The molecule has 1 N–H and O–H groups in total. The van der Waals surface area contributed by atoms with Crippen molar-refractivity contribution in [1.29, 1.82) is 0 Å². The van der Waals surface area contributed by atoms with Gasteiger partial charge in [0.25, 0.3) is 5.91 Å². The van der Waals surface area contributed by atoms with Crippen molar-refractivity contribution >= 4 is 28.5 Å². The first-order chi connectivity index (χ1) is 8.09. The van der Waals surface area contributed by atoms with Gasteiger partial charge in [-0.2, -0.15) is 0 Å². The second-order valence-corrected chi connectivity index (χ2v) is 5.88. The van der Waals surface area contributed by atoms with Gasteiger partial charge < -0.3 is 10.1 Å². The molecule has 4 heteroatoms.